The summed E-state index contributed by atoms with van der Waals surface area (Å²) in [6, 6.07) is 5.99. The predicted molar refractivity (Wildman–Crippen MR) is 93.0 cm³/mol. The van der Waals surface area contributed by atoms with Gasteiger partial charge in [0.2, 0.25) is 5.91 Å². The number of carbonyl (C=O) groups is 2. The highest BCUT2D eigenvalue weighted by Gasteiger charge is 2.56. The van der Waals surface area contributed by atoms with Gasteiger partial charge >= 0.3 is 0 Å². The van der Waals surface area contributed by atoms with E-state index in [0.717, 1.165) is 12.8 Å². The maximum atomic E-state index is 12.6. The van der Waals surface area contributed by atoms with Crippen molar-refractivity contribution in [1.82, 2.24) is 4.72 Å². The number of amides is 2. The molecular weight excluding hydrogens is 342 g/mol. The minimum atomic E-state index is -4.13. The Morgan fingerprint density at radius 1 is 1.16 bits per heavy atom. The van der Waals surface area contributed by atoms with Crippen LogP contribution in [0.25, 0.3) is 0 Å². The first-order valence-corrected chi connectivity index (χ1v) is 9.73. The van der Waals surface area contributed by atoms with Gasteiger partial charge < -0.3 is 11.1 Å². The highest BCUT2D eigenvalue weighted by atomic mass is 32.2. The maximum Gasteiger partial charge on any atom is 0.266 e. The van der Waals surface area contributed by atoms with Gasteiger partial charge in [0.1, 0.15) is 10.4 Å². The molecule has 1 fully saturated rings. The number of nitrogens with one attached hydrogen (secondary N) is 2. The Labute approximate surface area is 146 Å². The van der Waals surface area contributed by atoms with Crippen molar-refractivity contribution < 1.29 is 18.0 Å². The molecule has 0 saturated heterocycles. The standard InChI is InChI=1S/C17H21N3O4S/c18-17-11-12(17)7-3-1-2-4-10-15(21)19-13-8-5-6-9-14(13)25(23,24)20-16(17)22/h3,5-9,12H,1-2,4,10-11,18H2,(H,19,21)(H,20,22)/b7-3-/t12-,17-/m1/s1. The summed E-state index contributed by atoms with van der Waals surface area (Å²) in [6.45, 7) is 0. The number of allylic oxidation sites excluding steroid dienone is 1. The van der Waals surface area contributed by atoms with E-state index < -0.39 is 21.5 Å². The highest BCUT2D eigenvalue weighted by Crippen LogP contribution is 2.42. The zero-order valence-electron chi connectivity index (χ0n) is 13.7. The molecule has 2 atom stereocenters. The largest absolute Gasteiger partial charge is 0.325 e. The second kappa shape index (κ2) is 6.61. The molecule has 2 amide bonds. The number of nitrogens with two attached hydrogens (primary N) is 1. The number of hydrogen-bond acceptors (Lipinski definition) is 5. The minimum Gasteiger partial charge on any atom is -0.325 e. The number of hydrogen-bond donors (Lipinski definition) is 3. The van der Waals surface area contributed by atoms with Crippen molar-refractivity contribution >= 4 is 27.5 Å². The van der Waals surface area contributed by atoms with Gasteiger partial charge in [0.25, 0.3) is 15.9 Å². The zero-order chi connectivity index (χ0) is 18.1. The number of para-hydroxylation sites is 1. The van der Waals surface area contributed by atoms with Crippen LogP contribution < -0.4 is 15.8 Å². The molecule has 4 N–H and O–H groups in total. The SMILES string of the molecule is N[C@]12C[C@H]1/C=C\CCCCC(=O)Nc1ccccc1S(=O)(=O)NC2=O. The number of carbonyl (C=O) groups excluding carboxylic acids is 2. The van der Waals surface area contributed by atoms with Crippen molar-refractivity contribution in [2.75, 3.05) is 5.32 Å². The normalized spacial score (nSPS) is 30.5. The van der Waals surface area contributed by atoms with Crippen LogP contribution in [0.4, 0.5) is 5.69 Å². The molecule has 0 aromatic heterocycles. The molecule has 1 heterocycles. The van der Waals surface area contributed by atoms with Crippen molar-refractivity contribution in [3.05, 3.63) is 36.4 Å². The molecule has 1 aliphatic heterocycles. The molecule has 25 heavy (non-hydrogen) atoms. The highest BCUT2D eigenvalue weighted by molar-refractivity contribution is 7.90. The summed E-state index contributed by atoms with van der Waals surface area (Å²) in [7, 11) is -4.13. The number of sulfonamides is 1. The summed E-state index contributed by atoms with van der Waals surface area (Å²) in [5.41, 5.74) is 5.00. The van der Waals surface area contributed by atoms with E-state index >= 15 is 0 Å². The second-order valence-corrected chi connectivity index (χ2v) is 8.15. The van der Waals surface area contributed by atoms with Crippen molar-refractivity contribution in [3.8, 4) is 0 Å². The second-order valence-electron chi connectivity index (χ2n) is 6.50. The van der Waals surface area contributed by atoms with E-state index in [9.17, 15) is 18.0 Å². The fourth-order valence-electron chi connectivity index (χ4n) is 2.90. The van der Waals surface area contributed by atoms with Crippen LogP contribution in [0.1, 0.15) is 32.1 Å². The lowest BCUT2D eigenvalue weighted by Gasteiger charge is -2.15. The summed E-state index contributed by atoms with van der Waals surface area (Å²) in [6.07, 6.45) is 6.84. The molecule has 1 aromatic rings. The number of fused-ring (bicyclic) bond motifs is 2. The third-order valence-corrected chi connectivity index (χ3v) is 5.94. The van der Waals surface area contributed by atoms with Crippen molar-refractivity contribution in [2.24, 2.45) is 11.7 Å². The third kappa shape index (κ3) is 3.74. The molecule has 1 aromatic carbocycles. The fourth-order valence-corrected chi connectivity index (χ4v) is 4.11. The Morgan fingerprint density at radius 2 is 1.92 bits per heavy atom. The molecule has 2 aliphatic rings. The van der Waals surface area contributed by atoms with Gasteiger partial charge in [0, 0.05) is 12.3 Å². The Hall–Kier alpha value is -2.19. The number of rotatable bonds is 0. The topological polar surface area (TPSA) is 118 Å². The molecule has 0 unspecified atom stereocenters. The monoisotopic (exact) mass is 363 g/mol. The number of benzene rings is 1. The van der Waals surface area contributed by atoms with E-state index in [0.29, 0.717) is 19.3 Å². The molecular formula is C17H21N3O4S. The third-order valence-electron chi connectivity index (χ3n) is 4.55. The lowest BCUT2D eigenvalue weighted by Crippen LogP contribution is -2.46. The van der Waals surface area contributed by atoms with Gasteiger partial charge in [0.05, 0.1) is 5.69 Å². The van der Waals surface area contributed by atoms with E-state index in [4.69, 9.17) is 5.73 Å². The predicted octanol–water partition coefficient (Wildman–Crippen LogP) is 1.28. The van der Waals surface area contributed by atoms with Crippen LogP contribution in [0.5, 0.6) is 0 Å². The summed E-state index contributed by atoms with van der Waals surface area (Å²) in [5, 5.41) is 2.61. The van der Waals surface area contributed by atoms with E-state index in [1.165, 1.54) is 18.2 Å². The van der Waals surface area contributed by atoms with Gasteiger partial charge in [-0.15, -0.1) is 0 Å². The lowest BCUT2D eigenvalue weighted by atomic mass is 10.1. The summed E-state index contributed by atoms with van der Waals surface area (Å²) >= 11 is 0. The molecule has 7 nitrogen and oxygen atoms in total. The molecule has 134 valence electrons. The van der Waals surface area contributed by atoms with Gasteiger partial charge in [-0.05, 0) is 37.8 Å². The minimum absolute atomic E-state index is 0.150. The van der Waals surface area contributed by atoms with Crippen LogP contribution >= 0.6 is 0 Å². The van der Waals surface area contributed by atoms with Crippen LogP contribution in [0.15, 0.2) is 41.3 Å². The first kappa shape index (κ1) is 17.6. The van der Waals surface area contributed by atoms with E-state index in [-0.39, 0.29) is 22.4 Å². The van der Waals surface area contributed by atoms with E-state index in [1.807, 2.05) is 12.2 Å². The smallest absolute Gasteiger partial charge is 0.266 e. The van der Waals surface area contributed by atoms with E-state index in [2.05, 4.69) is 10.0 Å². The molecule has 1 saturated carbocycles. The summed E-state index contributed by atoms with van der Waals surface area (Å²) in [5.74, 6) is -1.15. The van der Waals surface area contributed by atoms with Crippen molar-refractivity contribution in [3.63, 3.8) is 0 Å². The Kier molecular flexibility index (Phi) is 4.66. The van der Waals surface area contributed by atoms with Gasteiger partial charge in [-0.3, -0.25) is 9.59 Å². The van der Waals surface area contributed by atoms with Crippen LogP contribution in [-0.4, -0.2) is 25.8 Å². The average Bonchev–Trinajstić information content (AvgIpc) is 3.22. The maximum absolute atomic E-state index is 12.6. The lowest BCUT2D eigenvalue weighted by molar-refractivity contribution is -0.121. The molecule has 0 radical (unpaired) electrons. The van der Waals surface area contributed by atoms with Gasteiger partial charge in [-0.1, -0.05) is 24.3 Å². The quantitative estimate of drug-likeness (QED) is 0.600. The van der Waals surface area contributed by atoms with Crippen LogP contribution in [-0.2, 0) is 19.6 Å². The molecule has 8 heteroatoms. The van der Waals surface area contributed by atoms with E-state index in [1.54, 1.807) is 6.07 Å². The fraction of sp³-hybridized carbons (Fsp3) is 0.412. The summed E-state index contributed by atoms with van der Waals surface area (Å²) < 4.78 is 27.2. The molecule has 1 aliphatic carbocycles. The zero-order valence-corrected chi connectivity index (χ0v) is 14.5. The van der Waals surface area contributed by atoms with Crippen LogP contribution in [0, 0.1) is 5.92 Å². The van der Waals surface area contributed by atoms with Gasteiger partial charge in [-0.2, -0.15) is 0 Å². The molecule has 3 rings (SSSR count). The Balaban J connectivity index is 1.93. The average molecular weight is 363 g/mol. The Bertz CT molecular complexity index is 834. The van der Waals surface area contributed by atoms with Crippen molar-refractivity contribution in [1.29, 1.82) is 0 Å². The van der Waals surface area contributed by atoms with Crippen LogP contribution in [0.2, 0.25) is 0 Å². The van der Waals surface area contributed by atoms with Crippen LogP contribution in [0.3, 0.4) is 0 Å². The number of anilines is 1. The summed E-state index contributed by atoms with van der Waals surface area (Å²) in [4.78, 5) is 24.3. The first-order valence-electron chi connectivity index (χ1n) is 8.24. The Morgan fingerprint density at radius 3 is 2.72 bits per heavy atom. The first-order chi connectivity index (χ1) is 11.8. The van der Waals surface area contributed by atoms with Crippen molar-refractivity contribution in [2.45, 2.75) is 42.5 Å². The van der Waals surface area contributed by atoms with Gasteiger partial charge in [-0.25, -0.2) is 13.1 Å². The van der Waals surface area contributed by atoms with Gasteiger partial charge in [0.15, 0.2) is 0 Å². The molecule has 0 bridgehead atoms. The molecule has 0 spiro atoms.